The smallest absolute Gasteiger partial charge is 0.391 e. The van der Waals surface area contributed by atoms with Crippen molar-refractivity contribution in [1.82, 2.24) is 30.1 Å². The minimum Gasteiger partial charge on any atom is -0.496 e. The molecule has 10 nitrogen and oxygen atoms in total. The molecule has 1 amide bonds. The maximum Gasteiger partial charge on any atom is 0.391 e. The number of methoxy groups -OCH3 is 1. The number of benzene rings is 2. The maximum absolute atomic E-state index is 13.8. The van der Waals surface area contributed by atoms with Crippen LogP contribution in [-0.4, -0.2) is 60.6 Å². The normalized spacial score (nSPS) is 14.1. The molecule has 0 radical (unpaired) electrons. The second kappa shape index (κ2) is 10.0. The summed E-state index contributed by atoms with van der Waals surface area (Å²) in [7, 11) is 3.10. The lowest BCUT2D eigenvalue weighted by molar-refractivity contribution is -0.167. The minimum absolute atomic E-state index is 0.0466. The molecule has 0 bridgehead atoms. The number of carbonyl (C=O) groups is 2. The molecular formula is C27H24F4N6O4. The zero-order valence-electron chi connectivity index (χ0n) is 22.1. The molecule has 1 aliphatic rings. The van der Waals surface area contributed by atoms with Crippen molar-refractivity contribution in [3.63, 3.8) is 0 Å². The van der Waals surface area contributed by atoms with E-state index in [4.69, 9.17) is 4.74 Å². The first-order valence-electron chi connectivity index (χ1n) is 12.4. The third kappa shape index (κ3) is 5.24. The largest absolute Gasteiger partial charge is 0.496 e. The molecule has 0 aliphatic carbocycles. The minimum atomic E-state index is -4.85. The lowest BCUT2D eigenvalue weighted by Crippen LogP contribution is -2.54. The number of fused-ring (bicyclic) bond motifs is 3. The number of rotatable bonds is 7. The van der Waals surface area contributed by atoms with Gasteiger partial charge in [0.1, 0.15) is 22.8 Å². The highest BCUT2D eigenvalue weighted by molar-refractivity contribution is 6.01. The molecule has 2 N–H and O–H groups in total. The fourth-order valence-electron chi connectivity index (χ4n) is 5.01. The zero-order chi connectivity index (χ0) is 29.7. The third-order valence-corrected chi connectivity index (χ3v) is 6.93. The lowest BCUT2D eigenvalue weighted by Gasteiger charge is -2.28. The Hall–Kier alpha value is -4.75. The van der Waals surface area contributed by atoms with E-state index in [0.717, 1.165) is 12.5 Å². The van der Waals surface area contributed by atoms with E-state index in [1.54, 1.807) is 17.7 Å². The van der Waals surface area contributed by atoms with Crippen LogP contribution in [0.4, 0.5) is 17.6 Å². The van der Waals surface area contributed by atoms with Gasteiger partial charge in [-0.3, -0.25) is 4.79 Å². The standard InChI is InChI=1S/C27H24F4N6O4/c1-26(25(39)40,13-27(29,30)31)32-24(38)20-12-18(14-4-6-16(28)7-5-14)22-17-11-19(23-33-35-36(2)34-23)21(41-3)10-15(17)8-9-37(20)22/h4-7,10-12H,8-9,13H2,1-3H3,(H,32,38)(H,39,40)/t26-/m0/s1. The topological polar surface area (TPSA) is 124 Å². The molecule has 0 saturated carbocycles. The van der Waals surface area contributed by atoms with Crippen LogP contribution < -0.4 is 10.1 Å². The summed E-state index contributed by atoms with van der Waals surface area (Å²) in [5.74, 6) is -2.54. The summed E-state index contributed by atoms with van der Waals surface area (Å²) in [5.41, 5.74) is 0.922. The number of aryl methyl sites for hydroxylation is 2. The number of carboxylic acid groups (broad SMARTS) is 1. The summed E-state index contributed by atoms with van der Waals surface area (Å²) in [4.78, 5) is 26.6. The molecule has 3 heterocycles. The molecule has 0 unspecified atom stereocenters. The highest BCUT2D eigenvalue weighted by atomic mass is 19.4. The Morgan fingerprint density at radius 3 is 2.39 bits per heavy atom. The summed E-state index contributed by atoms with van der Waals surface area (Å²) in [5, 5.41) is 23.9. The van der Waals surface area contributed by atoms with E-state index in [-0.39, 0.29) is 18.1 Å². The van der Waals surface area contributed by atoms with Crippen molar-refractivity contribution in [2.75, 3.05) is 7.11 Å². The fourth-order valence-corrected chi connectivity index (χ4v) is 5.01. The molecular weight excluding hydrogens is 548 g/mol. The number of hydrogen-bond donors (Lipinski definition) is 2. The van der Waals surface area contributed by atoms with Crippen molar-refractivity contribution in [3.8, 4) is 39.5 Å². The molecule has 0 spiro atoms. The van der Waals surface area contributed by atoms with Gasteiger partial charge < -0.3 is 19.7 Å². The summed E-state index contributed by atoms with van der Waals surface area (Å²) in [6.07, 6.45) is -6.19. The van der Waals surface area contributed by atoms with Crippen LogP contribution in [0.15, 0.2) is 42.5 Å². The quantitative estimate of drug-likeness (QED) is 0.318. The third-order valence-electron chi connectivity index (χ3n) is 6.93. The van der Waals surface area contributed by atoms with E-state index >= 15 is 0 Å². The summed E-state index contributed by atoms with van der Waals surface area (Å²) < 4.78 is 60.7. The first kappa shape index (κ1) is 27.8. The van der Waals surface area contributed by atoms with Crippen LogP contribution in [0.2, 0.25) is 0 Å². The number of aliphatic carboxylic acids is 1. The Labute approximate surface area is 230 Å². The van der Waals surface area contributed by atoms with Crippen molar-refractivity contribution in [3.05, 3.63) is 59.5 Å². The summed E-state index contributed by atoms with van der Waals surface area (Å²) in [6.45, 7) is 1.06. The Bertz CT molecular complexity index is 1660. The number of nitrogens with zero attached hydrogens (tertiary/aromatic N) is 5. The summed E-state index contributed by atoms with van der Waals surface area (Å²) in [6, 6.07) is 10.6. The molecule has 214 valence electrons. The van der Waals surface area contributed by atoms with Crippen LogP contribution in [0.25, 0.3) is 33.8 Å². The van der Waals surface area contributed by atoms with Crippen molar-refractivity contribution < 1.29 is 37.0 Å². The Morgan fingerprint density at radius 2 is 1.80 bits per heavy atom. The predicted molar refractivity (Wildman–Crippen MR) is 137 cm³/mol. The van der Waals surface area contributed by atoms with E-state index < -0.39 is 35.8 Å². The van der Waals surface area contributed by atoms with E-state index in [1.165, 1.54) is 42.2 Å². The van der Waals surface area contributed by atoms with Gasteiger partial charge in [-0.15, -0.1) is 10.2 Å². The van der Waals surface area contributed by atoms with E-state index in [0.29, 0.717) is 40.1 Å². The second-order valence-electron chi connectivity index (χ2n) is 9.90. The van der Waals surface area contributed by atoms with Crippen molar-refractivity contribution in [2.24, 2.45) is 7.05 Å². The molecule has 0 fully saturated rings. The molecule has 4 aromatic rings. The SMILES string of the molecule is COc1cc2c(cc1-c1nnn(C)n1)-c1c(-c3ccc(F)cc3)cc(C(=O)N[C@@](C)(CC(F)(F)F)C(=O)O)n1CC2. The molecule has 1 atom stereocenters. The average molecular weight is 573 g/mol. The van der Waals surface area contributed by atoms with Crippen LogP contribution in [-0.2, 0) is 24.8 Å². The van der Waals surface area contributed by atoms with Gasteiger partial charge in [0.05, 0.1) is 31.8 Å². The number of tetrazole rings is 1. The Morgan fingerprint density at radius 1 is 1.10 bits per heavy atom. The Kier molecular flexibility index (Phi) is 6.79. The van der Waals surface area contributed by atoms with E-state index in [1.807, 2.05) is 6.07 Å². The maximum atomic E-state index is 13.8. The number of carboxylic acids is 1. The summed E-state index contributed by atoms with van der Waals surface area (Å²) >= 11 is 0. The molecule has 5 rings (SSSR count). The molecule has 1 aliphatic heterocycles. The van der Waals surface area contributed by atoms with Crippen molar-refractivity contribution >= 4 is 11.9 Å². The molecule has 14 heteroatoms. The van der Waals surface area contributed by atoms with Crippen LogP contribution in [0.5, 0.6) is 5.75 Å². The van der Waals surface area contributed by atoms with Crippen molar-refractivity contribution in [2.45, 2.75) is 38.0 Å². The van der Waals surface area contributed by atoms with Gasteiger partial charge >= 0.3 is 12.1 Å². The van der Waals surface area contributed by atoms with Gasteiger partial charge in [0.2, 0.25) is 5.82 Å². The van der Waals surface area contributed by atoms with Crippen LogP contribution >= 0.6 is 0 Å². The number of ether oxygens (including phenoxy) is 1. The van der Waals surface area contributed by atoms with Gasteiger partial charge in [0.25, 0.3) is 5.91 Å². The molecule has 2 aromatic heterocycles. The number of alkyl halides is 3. The molecule has 0 saturated heterocycles. The molecule has 2 aromatic carbocycles. The highest BCUT2D eigenvalue weighted by Gasteiger charge is 2.46. The van der Waals surface area contributed by atoms with E-state index in [2.05, 4.69) is 20.7 Å². The monoisotopic (exact) mass is 572 g/mol. The van der Waals surface area contributed by atoms with Crippen LogP contribution in [0.3, 0.4) is 0 Å². The fraction of sp³-hybridized carbons (Fsp3) is 0.296. The van der Waals surface area contributed by atoms with Gasteiger partial charge in [0, 0.05) is 17.7 Å². The van der Waals surface area contributed by atoms with Crippen LogP contribution in [0.1, 0.15) is 29.4 Å². The van der Waals surface area contributed by atoms with Gasteiger partial charge in [0.15, 0.2) is 0 Å². The Balaban J connectivity index is 1.69. The van der Waals surface area contributed by atoms with Crippen LogP contribution in [0, 0.1) is 5.82 Å². The average Bonchev–Trinajstić information content (AvgIpc) is 3.51. The number of hydrogen-bond acceptors (Lipinski definition) is 6. The van der Waals surface area contributed by atoms with Gasteiger partial charge in [-0.1, -0.05) is 12.1 Å². The van der Waals surface area contributed by atoms with Crippen molar-refractivity contribution in [1.29, 1.82) is 0 Å². The number of aromatic nitrogens is 5. The number of halogens is 4. The number of nitrogens with one attached hydrogen (secondary N) is 1. The first-order chi connectivity index (χ1) is 19.3. The van der Waals surface area contributed by atoms with Gasteiger partial charge in [-0.2, -0.15) is 18.0 Å². The predicted octanol–water partition coefficient (Wildman–Crippen LogP) is 4.24. The zero-order valence-corrected chi connectivity index (χ0v) is 22.1. The molecule has 41 heavy (non-hydrogen) atoms. The number of carbonyl (C=O) groups excluding carboxylic acids is 1. The number of amides is 1. The second-order valence-corrected chi connectivity index (χ2v) is 9.90. The van der Waals surface area contributed by atoms with Gasteiger partial charge in [-0.05, 0) is 60.0 Å². The van der Waals surface area contributed by atoms with Gasteiger partial charge in [-0.25, -0.2) is 9.18 Å². The first-order valence-corrected chi connectivity index (χ1v) is 12.4. The van der Waals surface area contributed by atoms with E-state index in [9.17, 15) is 32.3 Å². The highest BCUT2D eigenvalue weighted by Crippen LogP contribution is 2.44. The lowest BCUT2D eigenvalue weighted by atomic mass is 9.91.